The van der Waals surface area contributed by atoms with E-state index in [1.54, 1.807) is 0 Å². The Hall–Kier alpha value is -0.280. The van der Waals surface area contributed by atoms with Crippen LogP contribution < -0.4 is 5.73 Å². The van der Waals surface area contributed by atoms with Crippen molar-refractivity contribution in [2.75, 3.05) is 20.1 Å². The Morgan fingerprint density at radius 1 is 1.44 bits per heavy atom. The van der Waals surface area contributed by atoms with Crippen LogP contribution in [-0.4, -0.2) is 30.9 Å². The highest BCUT2D eigenvalue weighted by Crippen LogP contribution is 2.16. The van der Waals surface area contributed by atoms with Crippen molar-refractivity contribution in [3.63, 3.8) is 0 Å². The monoisotopic (exact) mass is 250 g/mol. The molecular weight excluding hydrogens is 224 g/mol. The van der Waals surface area contributed by atoms with Crippen LogP contribution in [0.2, 0.25) is 0 Å². The van der Waals surface area contributed by atoms with Crippen LogP contribution in [0.15, 0.2) is 0 Å². The van der Waals surface area contributed by atoms with Gasteiger partial charge in [-0.3, -0.25) is 4.79 Å². The van der Waals surface area contributed by atoms with Gasteiger partial charge in [-0.2, -0.15) is 0 Å². The van der Waals surface area contributed by atoms with Gasteiger partial charge in [0.15, 0.2) is 0 Å². The van der Waals surface area contributed by atoms with Gasteiger partial charge in [-0.25, -0.2) is 0 Å². The second-order valence-corrected chi connectivity index (χ2v) is 5.25. The van der Waals surface area contributed by atoms with Crippen LogP contribution >= 0.6 is 12.4 Å². The SMILES string of the molecule is CCCC(C)C(=O)N(C)CC(C)(C)CN.Cl. The zero-order valence-corrected chi connectivity index (χ0v) is 12.1. The maximum Gasteiger partial charge on any atom is 0.225 e. The highest BCUT2D eigenvalue weighted by molar-refractivity contribution is 5.85. The molecule has 0 saturated carbocycles. The van der Waals surface area contributed by atoms with Crippen LogP contribution in [0.5, 0.6) is 0 Å². The normalized spacial score (nSPS) is 12.9. The van der Waals surface area contributed by atoms with Gasteiger partial charge < -0.3 is 10.6 Å². The molecular formula is C12H27ClN2O. The number of hydrogen-bond donors (Lipinski definition) is 1. The molecule has 98 valence electrons. The van der Waals surface area contributed by atoms with Crippen LogP contribution in [0.1, 0.15) is 40.5 Å². The predicted octanol–water partition coefficient (Wildman–Crippen LogP) is 2.29. The second-order valence-electron chi connectivity index (χ2n) is 5.25. The Morgan fingerprint density at radius 2 is 1.94 bits per heavy atom. The number of halogens is 1. The molecule has 0 heterocycles. The van der Waals surface area contributed by atoms with E-state index >= 15 is 0 Å². The van der Waals surface area contributed by atoms with Crippen LogP contribution in [0.3, 0.4) is 0 Å². The Labute approximate surface area is 106 Å². The van der Waals surface area contributed by atoms with Crippen LogP contribution in [0.4, 0.5) is 0 Å². The topological polar surface area (TPSA) is 46.3 Å². The Bertz CT molecular complexity index is 207. The van der Waals surface area contributed by atoms with E-state index in [0.717, 1.165) is 19.4 Å². The lowest BCUT2D eigenvalue weighted by molar-refractivity contribution is -0.135. The summed E-state index contributed by atoms with van der Waals surface area (Å²) in [5.41, 5.74) is 5.66. The number of rotatable bonds is 6. The summed E-state index contributed by atoms with van der Waals surface area (Å²) in [6, 6.07) is 0. The third-order valence-corrected chi connectivity index (χ3v) is 2.74. The molecule has 16 heavy (non-hydrogen) atoms. The molecule has 0 radical (unpaired) electrons. The predicted molar refractivity (Wildman–Crippen MR) is 71.8 cm³/mol. The second kappa shape index (κ2) is 7.91. The first-order chi connectivity index (χ1) is 6.84. The van der Waals surface area contributed by atoms with Crippen molar-refractivity contribution >= 4 is 18.3 Å². The van der Waals surface area contributed by atoms with Gasteiger partial charge in [-0.1, -0.05) is 34.1 Å². The molecule has 3 nitrogen and oxygen atoms in total. The van der Waals surface area contributed by atoms with E-state index in [1.165, 1.54) is 0 Å². The van der Waals surface area contributed by atoms with Crippen LogP contribution in [0.25, 0.3) is 0 Å². The quantitative estimate of drug-likeness (QED) is 0.786. The minimum atomic E-state index is 0. The summed E-state index contributed by atoms with van der Waals surface area (Å²) in [4.78, 5) is 13.7. The first kappa shape index (κ1) is 18.1. The fraction of sp³-hybridized carbons (Fsp3) is 0.917. The molecule has 1 unspecified atom stereocenters. The van der Waals surface area contributed by atoms with E-state index in [1.807, 2.05) is 18.9 Å². The van der Waals surface area contributed by atoms with Gasteiger partial charge in [0, 0.05) is 19.5 Å². The van der Waals surface area contributed by atoms with E-state index in [-0.39, 0.29) is 29.6 Å². The Kier molecular flexibility index (Phi) is 8.94. The molecule has 0 spiro atoms. The van der Waals surface area contributed by atoms with Crippen molar-refractivity contribution in [2.24, 2.45) is 17.1 Å². The van der Waals surface area contributed by atoms with Gasteiger partial charge in [0.05, 0.1) is 0 Å². The third kappa shape index (κ3) is 6.33. The van der Waals surface area contributed by atoms with Crippen molar-refractivity contribution in [1.82, 2.24) is 4.90 Å². The molecule has 0 aromatic carbocycles. The molecule has 0 aliphatic heterocycles. The highest BCUT2D eigenvalue weighted by atomic mass is 35.5. The Balaban J connectivity index is 0. The average molecular weight is 251 g/mol. The minimum absolute atomic E-state index is 0. The molecule has 1 atom stereocenters. The number of hydrogen-bond acceptors (Lipinski definition) is 2. The number of nitrogens with two attached hydrogens (primary N) is 1. The zero-order valence-electron chi connectivity index (χ0n) is 11.2. The molecule has 0 aromatic rings. The van der Waals surface area contributed by atoms with Gasteiger partial charge in [0.25, 0.3) is 0 Å². The summed E-state index contributed by atoms with van der Waals surface area (Å²) in [6.45, 7) is 9.61. The molecule has 4 heteroatoms. The summed E-state index contributed by atoms with van der Waals surface area (Å²) in [5, 5.41) is 0. The van der Waals surface area contributed by atoms with Gasteiger partial charge in [-0.15, -0.1) is 12.4 Å². The molecule has 0 fully saturated rings. The number of nitrogens with zero attached hydrogens (tertiary/aromatic N) is 1. The van der Waals surface area contributed by atoms with Crippen LogP contribution in [-0.2, 0) is 4.79 Å². The fourth-order valence-electron chi connectivity index (χ4n) is 1.72. The summed E-state index contributed by atoms with van der Waals surface area (Å²) < 4.78 is 0. The molecule has 1 amide bonds. The summed E-state index contributed by atoms with van der Waals surface area (Å²) in [7, 11) is 1.87. The Morgan fingerprint density at radius 3 is 2.31 bits per heavy atom. The van der Waals surface area contributed by atoms with Crippen molar-refractivity contribution < 1.29 is 4.79 Å². The lowest BCUT2D eigenvalue weighted by Crippen LogP contribution is -2.41. The lowest BCUT2D eigenvalue weighted by atomic mass is 9.92. The molecule has 2 N–H and O–H groups in total. The molecule has 0 aliphatic rings. The molecule has 0 rings (SSSR count). The van der Waals surface area contributed by atoms with Gasteiger partial charge in [0.1, 0.15) is 0 Å². The van der Waals surface area contributed by atoms with E-state index in [0.29, 0.717) is 6.54 Å². The lowest BCUT2D eigenvalue weighted by Gasteiger charge is -2.30. The van der Waals surface area contributed by atoms with Crippen molar-refractivity contribution in [2.45, 2.75) is 40.5 Å². The molecule has 0 aromatic heterocycles. The largest absolute Gasteiger partial charge is 0.345 e. The maximum atomic E-state index is 11.9. The fourth-order valence-corrected chi connectivity index (χ4v) is 1.72. The molecule has 0 bridgehead atoms. The standard InChI is InChI=1S/C12H26N2O.ClH/c1-6-7-10(2)11(15)14(5)9-12(3,4)8-13;/h10H,6-9,13H2,1-5H3;1H. The third-order valence-electron chi connectivity index (χ3n) is 2.74. The first-order valence-electron chi connectivity index (χ1n) is 5.79. The number of carbonyl (C=O) groups is 1. The van der Waals surface area contributed by atoms with Gasteiger partial charge >= 0.3 is 0 Å². The zero-order chi connectivity index (χ0) is 12.1. The molecule has 0 saturated heterocycles. The molecule has 0 aliphatic carbocycles. The minimum Gasteiger partial charge on any atom is -0.345 e. The number of amides is 1. The van der Waals surface area contributed by atoms with Crippen LogP contribution in [0, 0.1) is 11.3 Å². The van der Waals surface area contributed by atoms with E-state index in [2.05, 4.69) is 20.8 Å². The summed E-state index contributed by atoms with van der Waals surface area (Å²) in [5.74, 6) is 0.368. The first-order valence-corrected chi connectivity index (χ1v) is 5.79. The van der Waals surface area contributed by atoms with Crippen molar-refractivity contribution in [3.05, 3.63) is 0 Å². The van der Waals surface area contributed by atoms with Crippen molar-refractivity contribution in [1.29, 1.82) is 0 Å². The van der Waals surface area contributed by atoms with Gasteiger partial charge in [0.2, 0.25) is 5.91 Å². The van der Waals surface area contributed by atoms with E-state index in [4.69, 9.17) is 5.73 Å². The summed E-state index contributed by atoms with van der Waals surface area (Å²) >= 11 is 0. The number of carbonyl (C=O) groups excluding carboxylic acids is 1. The maximum absolute atomic E-state index is 11.9. The van der Waals surface area contributed by atoms with E-state index < -0.39 is 0 Å². The van der Waals surface area contributed by atoms with Gasteiger partial charge in [-0.05, 0) is 18.4 Å². The van der Waals surface area contributed by atoms with E-state index in [9.17, 15) is 4.79 Å². The average Bonchev–Trinajstić information content (AvgIpc) is 2.16. The van der Waals surface area contributed by atoms with Crippen molar-refractivity contribution in [3.8, 4) is 0 Å². The smallest absolute Gasteiger partial charge is 0.225 e. The summed E-state index contributed by atoms with van der Waals surface area (Å²) in [6.07, 6.45) is 2.02. The highest BCUT2D eigenvalue weighted by Gasteiger charge is 2.23.